The van der Waals surface area contributed by atoms with Gasteiger partial charge in [-0.25, -0.2) is 0 Å². The van der Waals surface area contributed by atoms with Gasteiger partial charge in [0.15, 0.2) is 4.77 Å². The van der Waals surface area contributed by atoms with E-state index in [1.54, 1.807) is 0 Å². The summed E-state index contributed by atoms with van der Waals surface area (Å²) in [6, 6.07) is 8.06. The highest BCUT2D eigenvalue weighted by Crippen LogP contribution is 2.15. The molecular formula is C11H14N4S. The molecule has 5 heteroatoms. The fraction of sp³-hybridized carbons (Fsp3) is 0.273. The normalized spacial score (nSPS) is 12.7. The number of benzene rings is 1. The maximum atomic E-state index is 5.80. The number of nitrogens with zero attached hydrogens (tertiary/aromatic N) is 2. The number of aromatic nitrogens is 3. The molecule has 1 aromatic heterocycles. The molecule has 2 rings (SSSR count). The van der Waals surface area contributed by atoms with Crippen LogP contribution in [0.5, 0.6) is 0 Å². The lowest BCUT2D eigenvalue weighted by Crippen LogP contribution is -2.05. The second-order valence-electron chi connectivity index (χ2n) is 3.79. The smallest absolute Gasteiger partial charge is 0.199 e. The molecule has 0 saturated carbocycles. The number of aryl methyl sites for hydroxylation is 1. The standard InChI is InChI=1S/C11H14N4S/c1-7(12)9-3-5-10(6-4-9)15-8(2)13-14-11(15)16/h3-7H,12H2,1-2H3,(H,14,16). The first-order chi connectivity index (χ1) is 7.59. The molecule has 0 aliphatic carbocycles. The molecule has 1 atom stereocenters. The van der Waals surface area contributed by atoms with Crippen molar-refractivity contribution in [2.24, 2.45) is 5.73 Å². The summed E-state index contributed by atoms with van der Waals surface area (Å²) in [4.78, 5) is 0. The van der Waals surface area contributed by atoms with Gasteiger partial charge < -0.3 is 5.73 Å². The molecule has 0 aliphatic heterocycles. The summed E-state index contributed by atoms with van der Waals surface area (Å²) >= 11 is 5.16. The van der Waals surface area contributed by atoms with E-state index >= 15 is 0 Å². The van der Waals surface area contributed by atoms with Crippen LogP contribution in [0.1, 0.15) is 24.4 Å². The molecule has 0 spiro atoms. The second-order valence-corrected chi connectivity index (χ2v) is 4.18. The number of H-pyrrole nitrogens is 1. The van der Waals surface area contributed by atoms with Gasteiger partial charge >= 0.3 is 0 Å². The Morgan fingerprint density at radius 1 is 1.38 bits per heavy atom. The van der Waals surface area contributed by atoms with Crippen molar-refractivity contribution in [1.82, 2.24) is 14.8 Å². The van der Waals surface area contributed by atoms with E-state index in [9.17, 15) is 0 Å². The zero-order chi connectivity index (χ0) is 11.7. The first kappa shape index (κ1) is 11.0. The summed E-state index contributed by atoms with van der Waals surface area (Å²) in [5, 5.41) is 6.84. The molecule has 0 saturated heterocycles. The monoisotopic (exact) mass is 234 g/mol. The van der Waals surface area contributed by atoms with E-state index in [4.69, 9.17) is 18.0 Å². The Kier molecular flexibility index (Phi) is 2.89. The highest BCUT2D eigenvalue weighted by Gasteiger charge is 2.04. The van der Waals surface area contributed by atoms with Crippen molar-refractivity contribution >= 4 is 12.2 Å². The van der Waals surface area contributed by atoms with Crippen LogP contribution in [-0.2, 0) is 0 Å². The molecule has 0 fully saturated rings. The Bertz CT molecular complexity index is 536. The van der Waals surface area contributed by atoms with Crippen molar-refractivity contribution in [2.45, 2.75) is 19.9 Å². The zero-order valence-corrected chi connectivity index (χ0v) is 10.1. The summed E-state index contributed by atoms with van der Waals surface area (Å²) < 4.78 is 2.49. The van der Waals surface area contributed by atoms with E-state index in [2.05, 4.69) is 10.2 Å². The molecule has 1 aromatic carbocycles. The van der Waals surface area contributed by atoms with Crippen molar-refractivity contribution in [3.63, 3.8) is 0 Å². The van der Waals surface area contributed by atoms with Gasteiger partial charge in [0.05, 0.1) is 0 Å². The number of hydrogen-bond acceptors (Lipinski definition) is 3. The van der Waals surface area contributed by atoms with Gasteiger partial charge in [-0.1, -0.05) is 12.1 Å². The van der Waals surface area contributed by atoms with E-state index in [1.165, 1.54) is 0 Å². The van der Waals surface area contributed by atoms with Crippen molar-refractivity contribution < 1.29 is 0 Å². The van der Waals surface area contributed by atoms with Gasteiger partial charge in [-0.15, -0.1) is 0 Å². The Labute approximate surface area is 99.1 Å². The minimum Gasteiger partial charge on any atom is -0.324 e. The minimum atomic E-state index is 0.0486. The molecule has 1 heterocycles. The third-order valence-electron chi connectivity index (χ3n) is 2.52. The largest absolute Gasteiger partial charge is 0.324 e. The molecule has 16 heavy (non-hydrogen) atoms. The molecule has 0 bridgehead atoms. The summed E-state index contributed by atoms with van der Waals surface area (Å²) in [5.74, 6) is 0.846. The molecule has 2 aromatic rings. The number of nitrogens with two attached hydrogens (primary N) is 1. The van der Waals surface area contributed by atoms with Gasteiger partial charge in [-0.05, 0) is 43.8 Å². The number of rotatable bonds is 2. The molecule has 0 aliphatic rings. The van der Waals surface area contributed by atoms with Crippen LogP contribution >= 0.6 is 12.2 Å². The maximum Gasteiger partial charge on any atom is 0.199 e. The van der Waals surface area contributed by atoms with Crippen LogP contribution in [-0.4, -0.2) is 14.8 Å². The first-order valence-corrected chi connectivity index (χ1v) is 5.50. The minimum absolute atomic E-state index is 0.0486. The maximum absolute atomic E-state index is 5.80. The highest BCUT2D eigenvalue weighted by atomic mass is 32.1. The number of hydrogen-bond donors (Lipinski definition) is 2. The van der Waals surface area contributed by atoms with Crippen LogP contribution < -0.4 is 5.73 Å². The van der Waals surface area contributed by atoms with Gasteiger partial charge in [0.1, 0.15) is 5.82 Å². The average molecular weight is 234 g/mol. The Hall–Kier alpha value is -1.46. The Balaban J connectivity index is 2.46. The van der Waals surface area contributed by atoms with Crippen LogP contribution in [0.3, 0.4) is 0 Å². The Morgan fingerprint density at radius 3 is 2.44 bits per heavy atom. The fourth-order valence-corrected chi connectivity index (χ4v) is 1.89. The lowest BCUT2D eigenvalue weighted by Gasteiger charge is -2.08. The van der Waals surface area contributed by atoms with Gasteiger partial charge in [0.2, 0.25) is 0 Å². The molecule has 4 nitrogen and oxygen atoms in total. The van der Waals surface area contributed by atoms with Crippen molar-refractivity contribution in [2.75, 3.05) is 0 Å². The summed E-state index contributed by atoms with van der Waals surface area (Å²) in [6.45, 7) is 3.87. The predicted molar refractivity (Wildman–Crippen MR) is 66.1 cm³/mol. The number of nitrogens with one attached hydrogen (secondary N) is 1. The van der Waals surface area contributed by atoms with Gasteiger partial charge in [-0.2, -0.15) is 5.10 Å². The average Bonchev–Trinajstić information content (AvgIpc) is 2.59. The van der Waals surface area contributed by atoms with Gasteiger partial charge in [0.25, 0.3) is 0 Å². The lowest BCUT2D eigenvalue weighted by atomic mass is 10.1. The third kappa shape index (κ3) is 1.91. The molecule has 1 unspecified atom stereocenters. The van der Waals surface area contributed by atoms with Crippen molar-refractivity contribution in [1.29, 1.82) is 0 Å². The SMILES string of the molecule is Cc1n[nH]c(=S)n1-c1ccc(C(C)N)cc1. The first-order valence-electron chi connectivity index (χ1n) is 5.09. The van der Waals surface area contributed by atoms with Crippen LogP contribution in [0.2, 0.25) is 0 Å². The summed E-state index contributed by atoms with van der Waals surface area (Å²) in [6.07, 6.45) is 0. The third-order valence-corrected chi connectivity index (χ3v) is 2.79. The van der Waals surface area contributed by atoms with E-state index in [0.717, 1.165) is 17.1 Å². The molecule has 84 valence electrons. The highest BCUT2D eigenvalue weighted by molar-refractivity contribution is 7.71. The topological polar surface area (TPSA) is 59.6 Å². The lowest BCUT2D eigenvalue weighted by molar-refractivity contribution is 0.817. The number of aromatic amines is 1. The molecule has 3 N–H and O–H groups in total. The Morgan fingerprint density at radius 2 is 2.00 bits per heavy atom. The van der Waals surface area contributed by atoms with E-state index in [-0.39, 0.29) is 6.04 Å². The summed E-state index contributed by atoms with van der Waals surface area (Å²) in [5.41, 5.74) is 7.90. The molecule has 0 radical (unpaired) electrons. The second kappa shape index (κ2) is 4.19. The van der Waals surface area contributed by atoms with Crippen LogP contribution in [0.15, 0.2) is 24.3 Å². The zero-order valence-electron chi connectivity index (χ0n) is 9.27. The molecule has 0 amide bonds. The van der Waals surface area contributed by atoms with Gasteiger partial charge in [0, 0.05) is 11.7 Å². The van der Waals surface area contributed by atoms with E-state index in [0.29, 0.717) is 4.77 Å². The molecular weight excluding hydrogens is 220 g/mol. The summed E-state index contributed by atoms with van der Waals surface area (Å²) in [7, 11) is 0. The van der Waals surface area contributed by atoms with Crippen LogP contribution in [0, 0.1) is 11.7 Å². The van der Waals surface area contributed by atoms with Crippen molar-refractivity contribution in [3.8, 4) is 5.69 Å². The van der Waals surface area contributed by atoms with Crippen molar-refractivity contribution in [3.05, 3.63) is 40.4 Å². The van der Waals surface area contributed by atoms with E-state index in [1.807, 2.05) is 42.7 Å². The fourth-order valence-electron chi connectivity index (χ4n) is 1.61. The quantitative estimate of drug-likeness (QED) is 0.784. The van der Waals surface area contributed by atoms with Gasteiger partial charge in [-0.3, -0.25) is 9.67 Å². The van der Waals surface area contributed by atoms with Crippen LogP contribution in [0.4, 0.5) is 0 Å². The van der Waals surface area contributed by atoms with Crippen LogP contribution in [0.25, 0.3) is 5.69 Å². The van der Waals surface area contributed by atoms with E-state index < -0.39 is 0 Å². The predicted octanol–water partition coefficient (Wildman–Crippen LogP) is 2.26.